The van der Waals surface area contributed by atoms with Crippen LogP contribution in [0.3, 0.4) is 0 Å². The molecule has 0 unspecified atom stereocenters. The fourth-order valence-corrected chi connectivity index (χ4v) is 6.74. The summed E-state index contributed by atoms with van der Waals surface area (Å²) in [6.07, 6.45) is 8.35. The van der Waals surface area contributed by atoms with Crippen molar-refractivity contribution >= 4 is 31.4 Å². The van der Waals surface area contributed by atoms with Gasteiger partial charge in [-0.1, -0.05) is 33.8 Å². The Bertz CT molecular complexity index is 1230. The molecular formula is C30H44FN5O3Si. The fraction of sp³-hybridized carbons (Fsp3) is 0.567. The minimum Gasteiger partial charge on any atom is -0.465 e. The topological polar surface area (TPSA) is 99.6 Å². The van der Waals surface area contributed by atoms with Crippen molar-refractivity contribution in [2.75, 3.05) is 23.3 Å². The van der Waals surface area contributed by atoms with Crippen LogP contribution in [0.1, 0.15) is 64.8 Å². The normalized spacial score (nSPS) is 22.0. The lowest BCUT2D eigenvalue weighted by Gasteiger charge is -2.48. The first-order chi connectivity index (χ1) is 18.9. The monoisotopic (exact) mass is 569 g/mol. The molecule has 1 fully saturated rings. The van der Waals surface area contributed by atoms with Crippen LogP contribution in [-0.4, -0.2) is 54.7 Å². The van der Waals surface area contributed by atoms with Crippen LogP contribution in [0.4, 0.5) is 20.6 Å². The van der Waals surface area contributed by atoms with Gasteiger partial charge < -0.3 is 25.1 Å². The van der Waals surface area contributed by atoms with Gasteiger partial charge in [-0.3, -0.25) is 4.98 Å². The lowest BCUT2D eigenvalue weighted by molar-refractivity contribution is 0.0722. The molecule has 1 aliphatic carbocycles. The van der Waals surface area contributed by atoms with Crippen molar-refractivity contribution in [3.63, 3.8) is 0 Å². The molecule has 0 bridgehead atoms. The van der Waals surface area contributed by atoms with Crippen LogP contribution >= 0.6 is 0 Å². The van der Waals surface area contributed by atoms with Crippen LogP contribution < -0.4 is 15.5 Å². The molecule has 0 spiro atoms. The molecule has 2 aromatic rings. The van der Waals surface area contributed by atoms with Crippen molar-refractivity contribution < 1.29 is 18.7 Å². The highest BCUT2D eigenvalue weighted by Gasteiger charge is 2.45. The molecule has 3 heterocycles. The molecule has 10 heteroatoms. The van der Waals surface area contributed by atoms with E-state index >= 15 is 0 Å². The number of rotatable bonds is 8. The minimum absolute atomic E-state index is 0.0155. The molecule has 0 saturated carbocycles. The van der Waals surface area contributed by atoms with Gasteiger partial charge in [-0.05, 0) is 67.6 Å². The number of piperidine rings is 1. The van der Waals surface area contributed by atoms with Crippen molar-refractivity contribution in [3.8, 4) is 0 Å². The first-order valence-corrected chi connectivity index (χ1v) is 17.2. The Morgan fingerprint density at radius 2 is 2.00 bits per heavy atom. The largest absolute Gasteiger partial charge is 0.465 e. The third-order valence-corrected chi connectivity index (χ3v) is 13.0. The Kier molecular flexibility index (Phi) is 9.19. The van der Waals surface area contributed by atoms with Gasteiger partial charge in [0.1, 0.15) is 11.5 Å². The van der Waals surface area contributed by atoms with Crippen molar-refractivity contribution in [2.45, 2.75) is 90.2 Å². The van der Waals surface area contributed by atoms with Crippen molar-refractivity contribution in [3.05, 3.63) is 53.9 Å². The number of hydrogen-bond acceptors (Lipinski definition) is 6. The summed E-state index contributed by atoms with van der Waals surface area (Å²) in [5.41, 5.74) is 3.93. The number of allylic oxidation sites excluding steroid dienone is 2. The van der Waals surface area contributed by atoms with Crippen molar-refractivity contribution in [1.82, 2.24) is 15.3 Å². The highest BCUT2D eigenvalue weighted by atomic mass is 28.4. The van der Waals surface area contributed by atoms with Gasteiger partial charge in [-0.15, -0.1) is 0 Å². The summed E-state index contributed by atoms with van der Waals surface area (Å²) in [5.74, 6) is -0.196. The average Bonchev–Trinajstić information content (AvgIpc) is 2.89. The predicted octanol–water partition coefficient (Wildman–Crippen LogP) is 6.67. The second-order valence-corrected chi connectivity index (χ2v) is 17.4. The van der Waals surface area contributed by atoms with Gasteiger partial charge in [0.05, 0.1) is 42.0 Å². The zero-order valence-corrected chi connectivity index (χ0v) is 25.6. The second kappa shape index (κ2) is 12.3. The highest BCUT2D eigenvalue weighted by Crippen LogP contribution is 2.40. The number of pyridine rings is 2. The van der Waals surface area contributed by atoms with Gasteiger partial charge in [0.15, 0.2) is 8.32 Å². The lowest BCUT2D eigenvalue weighted by Crippen LogP contribution is -2.62. The molecule has 1 aliphatic heterocycles. The van der Waals surface area contributed by atoms with E-state index < -0.39 is 14.4 Å². The second-order valence-electron chi connectivity index (χ2n) is 12.6. The first kappa shape index (κ1) is 30.0. The maximum absolute atomic E-state index is 14.6. The Morgan fingerprint density at radius 3 is 2.67 bits per heavy atom. The SMILES string of the molecule is C[C@H]1CN(c2ccncc2NCc2ccc(F)c(C3=CCCCC3)n2)C[C@@H](NC(=O)O)[C@@H]1O[Si](C)(C)C(C)(C)C. The number of nitrogens with zero attached hydrogens (tertiary/aromatic N) is 3. The number of carbonyl (C=O) groups is 1. The van der Waals surface area contributed by atoms with Crippen LogP contribution in [0.2, 0.25) is 18.1 Å². The zero-order valence-electron chi connectivity index (χ0n) is 24.6. The van der Waals surface area contributed by atoms with E-state index in [2.05, 4.69) is 72.4 Å². The van der Waals surface area contributed by atoms with Gasteiger partial charge >= 0.3 is 6.09 Å². The maximum Gasteiger partial charge on any atom is 0.405 e. The molecular weight excluding hydrogens is 525 g/mol. The average molecular weight is 570 g/mol. The maximum atomic E-state index is 14.6. The number of hydrogen-bond donors (Lipinski definition) is 3. The third kappa shape index (κ3) is 7.01. The number of anilines is 2. The number of carboxylic acid groups (broad SMARTS) is 1. The van der Waals surface area contributed by atoms with E-state index in [1.807, 2.05) is 6.07 Å². The smallest absolute Gasteiger partial charge is 0.405 e. The first-order valence-electron chi connectivity index (χ1n) is 14.3. The molecule has 4 rings (SSSR count). The standard InChI is InChI=1S/C30H44FN5O3Si/c1-20-18-36(19-25(35-29(37)38)28(20)39-40(5,6)30(2,3)4)26-14-15-32-17-24(26)33-16-22-12-13-23(31)27(34-22)21-10-8-7-9-11-21/h10,12-15,17,20,25,28,33,35H,7-9,11,16,18-19H2,1-6H3,(H,37,38)/t20-,25+,28+/m0/s1. The summed E-state index contributed by atoms with van der Waals surface area (Å²) < 4.78 is 21.4. The van der Waals surface area contributed by atoms with E-state index in [9.17, 15) is 14.3 Å². The third-order valence-electron chi connectivity index (χ3n) is 8.53. The van der Waals surface area contributed by atoms with E-state index in [1.165, 1.54) is 6.07 Å². The molecule has 1 amide bonds. The molecule has 3 atom stereocenters. The Balaban J connectivity index is 1.53. The number of aromatic nitrogens is 2. The van der Waals surface area contributed by atoms with E-state index in [1.54, 1.807) is 18.5 Å². The summed E-state index contributed by atoms with van der Waals surface area (Å²) in [4.78, 5) is 22.9. The number of nitrogens with one attached hydrogen (secondary N) is 2. The van der Waals surface area contributed by atoms with Gasteiger partial charge in [0.25, 0.3) is 0 Å². The summed E-state index contributed by atoms with van der Waals surface area (Å²) in [7, 11) is -2.12. The molecule has 2 aliphatic rings. The molecule has 0 radical (unpaired) electrons. The Labute approximate surface area is 238 Å². The molecule has 8 nitrogen and oxygen atoms in total. The lowest BCUT2D eigenvalue weighted by atomic mass is 9.92. The van der Waals surface area contributed by atoms with Crippen LogP contribution in [-0.2, 0) is 11.0 Å². The van der Waals surface area contributed by atoms with Gasteiger partial charge in [0, 0.05) is 25.2 Å². The molecule has 3 N–H and O–H groups in total. The Hall–Kier alpha value is -2.98. The van der Waals surface area contributed by atoms with Gasteiger partial charge in [-0.2, -0.15) is 0 Å². The van der Waals surface area contributed by atoms with E-state index in [-0.39, 0.29) is 28.9 Å². The van der Waals surface area contributed by atoms with E-state index in [4.69, 9.17) is 4.43 Å². The summed E-state index contributed by atoms with van der Waals surface area (Å²) in [6, 6.07) is 4.76. The summed E-state index contributed by atoms with van der Waals surface area (Å²) >= 11 is 0. The van der Waals surface area contributed by atoms with E-state index in [0.717, 1.165) is 48.3 Å². The molecule has 1 saturated heterocycles. The van der Waals surface area contributed by atoms with Crippen LogP contribution in [0.15, 0.2) is 36.7 Å². The zero-order chi connectivity index (χ0) is 29.1. The molecule has 218 valence electrons. The molecule has 2 aromatic heterocycles. The number of amides is 1. The van der Waals surface area contributed by atoms with Crippen molar-refractivity contribution in [2.24, 2.45) is 5.92 Å². The predicted molar refractivity (Wildman–Crippen MR) is 161 cm³/mol. The summed E-state index contributed by atoms with van der Waals surface area (Å²) in [5, 5.41) is 15.9. The minimum atomic E-state index is -2.12. The number of halogens is 1. The fourth-order valence-electron chi connectivity index (χ4n) is 5.31. The van der Waals surface area contributed by atoms with Gasteiger partial charge in [-0.25, -0.2) is 14.2 Å². The van der Waals surface area contributed by atoms with Crippen molar-refractivity contribution in [1.29, 1.82) is 0 Å². The van der Waals surface area contributed by atoms with E-state index in [0.29, 0.717) is 25.3 Å². The van der Waals surface area contributed by atoms with Crippen LogP contribution in [0.5, 0.6) is 0 Å². The van der Waals surface area contributed by atoms with Crippen LogP contribution in [0, 0.1) is 11.7 Å². The van der Waals surface area contributed by atoms with Gasteiger partial charge in [0.2, 0.25) is 0 Å². The molecule has 40 heavy (non-hydrogen) atoms. The highest BCUT2D eigenvalue weighted by molar-refractivity contribution is 6.74. The summed E-state index contributed by atoms with van der Waals surface area (Å²) in [6.45, 7) is 14.7. The quantitative estimate of drug-likeness (QED) is 0.305. The Morgan fingerprint density at radius 1 is 1.23 bits per heavy atom. The molecule has 0 aromatic carbocycles. The van der Waals surface area contributed by atoms with Crippen LogP contribution in [0.25, 0.3) is 5.57 Å².